The zero-order valence-electron chi connectivity index (χ0n) is 24.5. The van der Waals surface area contributed by atoms with Crippen LogP contribution in [0, 0.1) is 0 Å². The maximum Gasteiger partial charge on any atom is 0.211 e. The number of ether oxygens (including phenoxy) is 2. The first-order valence-corrected chi connectivity index (χ1v) is 13.8. The Hall–Kier alpha value is -3.92. The highest BCUT2D eigenvalue weighted by Crippen LogP contribution is 2.37. The smallest absolute Gasteiger partial charge is 0.211 e. The van der Waals surface area contributed by atoms with Crippen LogP contribution in [0.2, 0.25) is 0 Å². The lowest BCUT2D eigenvalue weighted by molar-refractivity contribution is -0.108. The summed E-state index contributed by atoms with van der Waals surface area (Å²) in [5.74, 6) is 1.76. The molecule has 1 aliphatic carbocycles. The van der Waals surface area contributed by atoms with Crippen molar-refractivity contribution < 1.29 is 14.3 Å². The topological polar surface area (TPSA) is 99.9 Å². The lowest BCUT2D eigenvalue weighted by Crippen LogP contribution is -2.37. The quantitative estimate of drug-likeness (QED) is 0.102. The van der Waals surface area contributed by atoms with Gasteiger partial charge >= 0.3 is 0 Å². The van der Waals surface area contributed by atoms with Crippen LogP contribution in [0.5, 0.6) is 0 Å². The summed E-state index contributed by atoms with van der Waals surface area (Å²) in [6.45, 7) is 16.4. The third kappa shape index (κ3) is 9.04. The van der Waals surface area contributed by atoms with Gasteiger partial charge in [-0.3, -0.25) is 19.7 Å². The van der Waals surface area contributed by atoms with Crippen molar-refractivity contribution in [2.24, 2.45) is 15.0 Å². The second-order valence-corrected chi connectivity index (χ2v) is 9.66. The number of carbonyl (C=O) groups is 1. The maximum atomic E-state index is 11.0. The minimum atomic E-state index is 0.160. The summed E-state index contributed by atoms with van der Waals surface area (Å²) in [6, 6.07) is 0. The molecule has 42 heavy (non-hydrogen) atoms. The van der Waals surface area contributed by atoms with Gasteiger partial charge in [0.15, 0.2) is 0 Å². The molecule has 0 saturated heterocycles. The van der Waals surface area contributed by atoms with E-state index in [1.807, 2.05) is 49.3 Å². The first kappa shape index (κ1) is 34.3. The van der Waals surface area contributed by atoms with Crippen molar-refractivity contribution in [2.45, 2.75) is 26.7 Å². The van der Waals surface area contributed by atoms with E-state index in [4.69, 9.17) is 42.7 Å². The van der Waals surface area contributed by atoms with Crippen LogP contribution < -0.4 is 10.6 Å². The number of methoxy groups -OCH3 is 2. The van der Waals surface area contributed by atoms with Gasteiger partial charge in [-0.05, 0) is 55.5 Å². The fraction of sp³-hybridized carbons (Fsp3) is 0.290. The van der Waals surface area contributed by atoms with Gasteiger partial charge in [-0.2, -0.15) is 0 Å². The standard InChI is InChI=1S/C31H38Cl2N6O3/c1-8-11-26(25(9-2)38-20-40)36-19-37-31(22(4)17-34-5)39-15-10-14-35-30(39)21(3)16-24-28(32)23(18-41-6)12-13-27(42-7)29(24)33/h8-12,15,17,20,36H,2-3,5,13-14,16,18-19H2,1,4,6-7H3,(H,38,40)/b11-8-,22-17-,26-25-,37-31?. The van der Waals surface area contributed by atoms with Crippen LogP contribution >= 0.6 is 23.2 Å². The number of nitrogens with one attached hydrogen (secondary N) is 2. The van der Waals surface area contributed by atoms with Gasteiger partial charge < -0.3 is 20.1 Å². The molecule has 0 fully saturated rings. The van der Waals surface area contributed by atoms with E-state index in [2.05, 4.69) is 35.5 Å². The van der Waals surface area contributed by atoms with E-state index in [1.54, 1.807) is 26.5 Å². The lowest BCUT2D eigenvalue weighted by atomic mass is 10.0. The number of allylic oxidation sites excluding steroid dienone is 6. The Labute approximate surface area is 258 Å². The average molecular weight is 614 g/mol. The Bertz CT molecular complexity index is 1350. The first-order valence-electron chi connectivity index (χ1n) is 13.1. The predicted octanol–water partition coefficient (Wildman–Crippen LogP) is 6.00. The normalized spacial score (nSPS) is 17.0. The van der Waals surface area contributed by atoms with Crippen molar-refractivity contribution in [3.05, 3.63) is 105 Å². The number of carbonyl (C=O) groups excluding carboxylic acids is 1. The molecule has 9 nitrogen and oxygen atoms in total. The minimum absolute atomic E-state index is 0.160. The number of rotatable bonds is 15. The Morgan fingerprint density at radius 1 is 1.26 bits per heavy atom. The van der Waals surface area contributed by atoms with Crippen LogP contribution in [-0.2, 0) is 14.3 Å². The Morgan fingerprint density at radius 3 is 2.64 bits per heavy atom. The van der Waals surface area contributed by atoms with Crippen LogP contribution in [0.1, 0.15) is 26.7 Å². The molecular formula is C31H38Cl2N6O3. The summed E-state index contributed by atoms with van der Waals surface area (Å²) in [4.78, 5) is 26.4. The van der Waals surface area contributed by atoms with Crippen molar-refractivity contribution in [1.82, 2.24) is 15.5 Å². The second kappa shape index (κ2) is 17.8. The summed E-state index contributed by atoms with van der Waals surface area (Å²) in [7, 11) is 3.19. The number of halogens is 2. The zero-order valence-corrected chi connectivity index (χ0v) is 26.1. The molecule has 2 rings (SSSR count). The number of amidine groups is 2. The SMILES string of the molecule is C=C/C(NC=O)=C(\C=C/C)NCN=C(/C(C)=C\N=C)N1C=CCN=C1C(=C)CC1=C(Cl)C(COC)=CCC(OC)=C1Cl. The third-order valence-corrected chi connectivity index (χ3v) is 6.99. The Morgan fingerprint density at radius 2 is 2.02 bits per heavy atom. The van der Waals surface area contributed by atoms with Crippen molar-refractivity contribution in [3.63, 3.8) is 0 Å². The molecule has 1 aliphatic heterocycles. The van der Waals surface area contributed by atoms with E-state index in [0.29, 0.717) is 82.4 Å². The van der Waals surface area contributed by atoms with Crippen LogP contribution in [0.15, 0.2) is 120 Å². The predicted molar refractivity (Wildman–Crippen MR) is 174 cm³/mol. The molecule has 2 N–H and O–H groups in total. The highest BCUT2D eigenvalue weighted by atomic mass is 35.5. The van der Waals surface area contributed by atoms with Crippen molar-refractivity contribution >= 4 is 48.0 Å². The molecule has 0 aromatic carbocycles. The Kier molecular flexibility index (Phi) is 14.5. The van der Waals surface area contributed by atoms with Gasteiger partial charge in [-0.15, -0.1) is 0 Å². The van der Waals surface area contributed by atoms with Gasteiger partial charge in [-0.1, -0.05) is 48.5 Å². The monoisotopic (exact) mass is 612 g/mol. The highest BCUT2D eigenvalue weighted by molar-refractivity contribution is 6.37. The number of hydrogen-bond acceptors (Lipinski definition) is 7. The average Bonchev–Trinajstić information content (AvgIpc) is 3.09. The largest absolute Gasteiger partial charge is 0.499 e. The summed E-state index contributed by atoms with van der Waals surface area (Å²) in [6.07, 6.45) is 13.9. The number of hydrogen-bond donors (Lipinski definition) is 2. The van der Waals surface area contributed by atoms with Crippen molar-refractivity contribution in [3.8, 4) is 0 Å². The molecule has 0 unspecified atom stereocenters. The molecule has 0 saturated carbocycles. The molecule has 0 aromatic heterocycles. The van der Waals surface area contributed by atoms with E-state index in [-0.39, 0.29) is 6.67 Å². The number of amides is 1. The molecule has 0 bridgehead atoms. The van der Waals surface area contributed by atoms with Crippen molar-refractivity contribution in [2.75, 3.05) is 34.0 Å². The van der Waals surface area contributed by atoms with Crippen LogP contribution in [0.4, 0.5) is 0 Å². The van der Waals surface area contributed by atoms with Crippen LogP contribution in [-0.4, -0.2) is 63.7 Å². The minimum Gasteiger partial charge on any atom is -0.499 e. The summed E-state index contributed by atoms with van der Waals surface area (Å²) >= 11 is 13.6. The molecule has 0 aromatic rings. The molecule has 2 aliphatic rings. The molecule has 1 heterocycles. The van der Waals surface area contributed by atoms with E-state index < -0.39 is 0 Å². The molecule has 0 radical (unpaired) electrons. The van der Waals surface area contributed by atoms with Gasteiger partial charge in [0.2, 0.25) is 6.41 Å². The van der Waals surface area contributed by atoms with Crippen LogP contribution in [0.3, 0.4) is 0 Å². The first-order chi connectivity index (χ1) is 20.3. The van der Waals surface area contributed by atoms with E-state index >= 15 is 0 Å². The fourth-order valence-corrected chi connectivity index (χ4v) is 4.81. The molecule has 0 spiro atoms. The zero-order chi connectivity index (χ0) is 31.1. The second-order valence-electron chi connectivity index (χ2n) is 8.90. The van der Waals surface area contributed by atoms with Crippen LogP contribution in [0.25, 0.3) is 0 Å². The highest BCUT2D eigenvalue weighted by Gasteiger charge is 2.26. The maximum absolute atomic E-state index is 11.0. The molecule has 1 amide bonds. The van der Waals surface area contributed by atoms with E-state index in [0.717, 1.165) is 11.1 Å². The van der Waals surface area contributed by atoms with Gasteiger partial charge in [0.1, 0.15) is 24.1 Å². The van der Waals surface area contributed by atoms with Gasteiger partial charge in [0.25, 0.3) is 0 Å². The summed E-state index contributed by atoms with van der Waals surface area (Å²) in [5, 5.41) is 6.78. The Balaban J connectivity index is 2.50. The van der Waals surface area contributed by atoms with E-state index in [9.17, 15) is 4.79 Å². The number of nitrogens with zero attached hydrogens (tertiary/aromatic N) is 4. The molecule has 11 heteroatoms. The van der Waals surface area contributed by atoms with Gasteiger partial charge in [0, 0.05) is 37.9 Å². The molecule has 0 atom stereocenters. The summed E-state index contributed by atoms with van der Waals surface area (Å²) < 4.78 is 10.9. The fourth-order valence-electron chi connectivity index (χ4n) is 4.15. The summed E-state index contributed by atoms with van der Waals surface area (Å²) in [5.41, 5.74) is 4.04. The lowest BCUT2D eigenvalue weighted by Gasteiger charge is -2.28. The number of aliphatic imine (C=N–C) groups is 3. The molecular weight excluding hydrogens is 575 g/mol. The molecule has 224 valence electrons. The van der Waals surface area contributed by atoms with E-state index in [1.165, 1.54) is 0 Å². The van der Waals surface area contributed by atoms with Crippen molar-refractivity contribution in [1.29, 1.82) is 0 Å². The van der Waals surface area contributed by atoms with Gasteiger partial charge in [0.05, 0.1) is 41.7 Å². The third-order valence-electron chi connectivity index (χ3n) is 6.08. The van der Waals surface area contributed by atoms with Gasteiger partial charge in [-0.25, -0.2) is 4.99 Å².